The Morgan fingerprint density at radius 2 is 1.91 bits per heavy atom. The monoisotopic (exact) mass is 617 g/mol. The minimum absolute atomic E-state index is 0.121. The molecule has 3 N–H and O–H groups in total. The molecule has 0 unspecified atom stereocenters. The van der Waals surface area contributed by atoms with Gasteiger partial charge in [0.05, 0.1) is 17.2 Å². The number of nitrogens with one attached hydrogen (secondary N) is 1. The fourth-order valence-corrected chi connectivity index (χ4v) is 5.67. The number of nitriles is 1. The standard InChI is InChI=1S/C33H29ClFN3O6/c34-26-9-21(16-38-33(40)17-39)29(43-18-20-8-19(13-36)14-37-15-20)12-30(26)44-28-5-4-23-22(2-1-3-24(23)28)25-10-31-32(11-27(25)35)42-7-6-41-31/h1-3,8-12,14-15,28,33,38-40H,4-7,16-18H2/t28-,33+/m0/s1. The molecule has 1 aliphatic carbocycles. The number of pyridine rings is 1. The molecule has 2 atom stereocenters. The Labute approximate surface area is 258 Å². The van der Waals surface area contributed by atoms with E-state index in [2.05, 4.69) is 16.4 Å². The first kappa shape index (κ1) is 29.7. The van der Waals surface area contributed by atoms with E-state index in [4.69, 9.17) is 30.5 Å². The lowest BCUT2D eigenvalue weighted by Crippen LogP contribution is -2.31. The van der Waals surface area contributed by atoms with Crippen LogP contribution in [0.4, 0.5) is 4.39 Å². The van der Waals surface area contributed by atoms with Crippen molar-refractivity contribution in [1.29, 1.82) is 5.26 Å². The molecule has 0 bridgehead atoms. The third-order valence-electron chi connectivity index (χ3n) is 7.54. The number of nitrogens with zero attached hydrogens (tertiary/aromatic N) is 2. The van der Waals surface area contributed by atoms with E-state index in [1.807, 2.05) is 18.2 Å². The number of fused-ring (bicyclic) bond motifs is 2. The maximum atomic E-state index is 15.2. The van der Waals surface area contributed by atoms with Crippen LogP contribution in [0.3, 0.4) is 0 Å². The number of hydrogen-bond donors (Lipinski definition) is 3. The Kier molecular flexibility index (Phi) is 8.82. The topological polar surface area (TPSA) is 126 Å². The van der Waals surface area contributed by atoms with Crippen LogP contribution in [0.1, 0.15) is 40.3 Å². The number of hydrogen-bond acceptors (Lipinski definition) is 9. The van der Waals surface area contributed by atoms with E-state index in [0.29, 0.717) is 76.3 Å². The molecule has 1 aliphatic heterocycles. The Hall–Kier alpha value is -4.40. The third kappa shape index (κ3) is 6.27. The Morgan fingerprint density at radius 3 is 2.70 bits per heavy atom. The van der Waals surface area contributed by atoms with Gasteiger partial charge in [0, 0.05) is 47.8 Å². The first-order valence-electron chi connectivity index (χ1n) is 14.1. The van der Waals surface area contributed by atoms with Gasteiger partial charge in [-0.05, 0) is 47.7 Å². The van der Waals surface area contributed by atoms with Crippen molar-refractivity contribution >= 4 is 11.6 Å². The van der Waals surface area contributed by atoms with Crippen molar-refractivity contribution in [1.82, 2.24) is 10.3 Å². The average molecular weight is 618 g/mol. The summed E-state index contributed by atoms with van der Waals surface area (Å²) in [6.07, 6.45) is 2.94. The van der Waals surface area contributed by atoms with E-state index in [9.17, 15) is 15.5 Å². The van der Waals surface area contributed by atoms with Gasteiger partial charge < -0.3 is 29.2 Å². The van der Waals surface area contributed by atoms with Crippen molar-refractivity contribution in [3.63, 3.8) is 0 Å². The summed E-state index contributed by atoms with van der Waals surface area (Å²) in [6.45, 7) is 0.610. The molecular weight excluding hydrogens is 589 g/mol. The highest BCUT2D eigenvalue weighted by atomic mass is 35.5. The zero-order chi connectivity index (χ0) is 30.6. The number of halogens is 2. The van der Waals surface area contributed by atoms with Crippen LogP contribution in [-0.2, 0) is 19.6 Å². The van der Waals surface area contributed by atoms with E-state index in [1.54, 1.807) is 30.5 Å². The number of benzene rings is 3. The molecule has 0 saturated carbocycles. The lowest BCUT2D eigenvalue weighted by atomic mass is 9.96. The molecular formula is C33H29ClFN3O6. The van der Waals surface area contributed by atoms with E-state index in [0.717, 1.165) is 16.7 Å². The Bertz CT molecular complexity index is 1730. The van der Waals surface area contributed by atoms with Crippen LogP contribution < -0.4 is 24.3 Å². The second-order valence-corrected chi connectivity index (χ2v) is 10.9. The summed E-state index contributed by atoms with van der Waals surface area (Å²) in [5.41, 5.74) is 4.87. The normalized spacial score (nSPS) is 15.8. The van der Waals surface area contributed by atoms with Gasteiger partial charge in [0.2, 0.25) is 0 Å². The fraction of sp³-hybridized carbons (Fsp3) is 0.273. The predicted octanol–water partition coefficient (Wildman–Crippen LogP) is 5.23. The molecule has 0 fully saturated rings. The molecule has 2 heterocycles. The number of aliphatic hydroxyl groups excluding tert-OH is 2. The number of ether oxygens (including phenoxy) is 4. The van der Waals surface area contributed by atoms with E-state index >= 15 is 4.39 Å². The highest BCUT2D eigenvalue weighted by Gasteiger charge is 2.29. The first-order valence-corrected chi connectivity index (χ1v) is 14.5. The van der Waals surface area contributed by atoms with Gasteiger partial charge in [-0.15, -0.1) is 0 Å². The Balaban J connectivity index is 1.28. The molecule has 3 aromatic carbocycles. The quantitative estimate of drug-likeness (QED) is 0.205. The molecule has 1 aromatic heterocycles. The molecule has 0 amide bonds. The summed E-state index contributed by atoms with van der Waals surface area (Å²) in [7, 11) is 0. The molecule has 44 heavy (non-hydrogen) atoms. The maximum absolute atomic E-state index is 15.2. The van der Waals surface area contributed by atoms with Gasteiger partial charge in [0.15, 0.2) is 11.5 Å². The molecule has 6 rings (SSSR count). The zero-order valence-electron chi connectivity index (χ0n) is 23.6. The molecule has 9 nitrogen and oxygen atoms in total. The second kappa shape index (κ2) is 13.1. The third-order valence-corrected chi connectivity index (χ3v) is 7.84. The average Bonchev–Trinajstić information content (AvgIpc) is 3.46. The molecule has 226 valence electrons. The minimum Gasteiger partial charge on any atom is -0.488 e. The van der Waals surface area contributed by atoms with Crippen LogP contribution in [-0.4, -0.2) is 41.2 Å². The van der Waals surface area contributed by atoms with E-state index in [-0.39, 0.29) is 25.1 Å². The summed E-state index contributed by atoms with van der Waals surface area (Å²) in [5.74, 6) is 1.37. The maximum Gasteiger partial charge on any atom is 0.164 e. The molecule has 0 spiro atoms. The van der Waals surface area contributed by atoms with Crippen molar-refractivity contribution in [2.75, 3.05) is 19.8 Å². The van der Waals surface area contributed by atoms with Gasteiger partial charge in [-0.1, -0.05) is 29.8 Å². The van der Waals surface area contributed by atoms with Crippen molar-refractivity contribution in [2.45, 2.75) is 38.3 Å². The molecule has 2 aliphatic rings. The highest BCUT2D eigenvalue weighted by molar-refractivity contribution is 6.32. The van der Waals surface area contributed by atoms with Crippen LogP contribution >= 0.6 is 11.6 Å². The van der Waals surface area contributed by atoms with Gasteiger partial charge in [-0.3, -0.25) is 10.3 Å². The SMILES string of the molecule is N#Cc1cncc(COc2cc(O[C@H]3CCc4c(-c5cc6c(cc5F)OCCO6)cccc43)c(Cl)cc2CN[C@H](O)CO)c1. The predicted molar refractivity (Wildman–Crippen MR) is 159 cm³/mol. The number of rotatable bonds is 10. The number of aromatic nitrogens is 1. The summed E-state index contributed by atoms with van der Waals surface area (Å²) in [4.78, 5) is 4.08. The van der Waals surface area contributed by atoms with Gasteiger partial charge >= 0.3 is 0 Å². The Morgan fingerprint density at radius 1 is 1.09 bits per heavy atom. The summed E-state index contributed by atoms with van der Waals surface area (Å²) >= 11 is 6.69. The van der Waals surface area contributed by atoms with Gasteiger partial charge in [0.1, 0.15) is 55.5 Å². The first-order chi connectivity index (χ1) is 21.4. The largest absolute Gasteiger partial charge is 0.488 e. The van der Waals surface area contributed by atoms with Crippen molar-refractivity contribution in [3.05, 3.63) is 99.6 Å². The van der Waals surface area contributed by atoms with Crippen LogP contribution in [0, 0.1) is 17.1 Å². The zero-order valence-corrected chi connectivity index (χ0v) is 24.3. The fourth-order valence-electron chi connectivity index (χ4n) is 5.43. The highest BCUT2D eigenvalue weighted by Crippen LogP contribution is 2.45. The molecule has 4 aromatic rings. The number of aliphatic hydroxyl groups is 2. The van der Waals surface area contributed by atoms with Crippen molar-refractivity contribution < 1.29 is 33.6 Å². The van der Waals surface area contributed by atoms with Crippen LogP contribution in [0.2, 0.25) is 5.02 Å². The molecule has 0 radical (unpaired) electrons. The molecule has 0 saturated heterocycles. The smallest absolute Gasteiger partial charge is 0.164 e. The van der Waals surface area contributed by atoms with E-state index < -0.39 is 12.8 Å². The van der Waals surface area contributed by atoms with Gasteiger partial charge in [-0.25, -0.2) is 4.39 Å². The van der Waals surface area contributed by atoms with Crippen LogP contribution in [0.15, 0.2) is 60.9 Å². The van der Waals surface area contributed by atoms with Crippen LogP contribution in [0.25, 0.3) is 11.1 Å². The van der Waals surface area contributed by atoms with Gasteiger partial charge in [-0.2, -0.15) is 5.26 Å². The lowest BCUT2D eigenvalue weighted by molar-refractivity contribution is 0.0663. The summed E-state index contributed by atoms with van der Waals surface area (Å²) in [6, 6.07) is 15.9. The second-order valence-electron chi connectivity index (χ2n) is 10.4. The van der Waals surface area contributed by atoms with Crippen molar-refractivity contribution in [2.24, 2.45) is 0 Å². The lowest BCUT2D eigenvalue weighted by Gasteiger charge is -2.21. The summed E-state index contributed by atoms with van der Waals surface area (Å²) < 4.78 is 39.0. The summed E-state index contributed by atoms with van der Waals surface area (Å²) in [5, 5.41) is 31.4. The molecule has 11 heteroatoms. The van der Waals surface area contributed by atoms with E-state index in [1.165, 1.54) is 12.3 Å². The van der Waals surface area contributed by atoms with Crippen molar-refractivity contribution in [3.8, 4) is 40.2 Å². The van der Waals surface area contributed by atoms with Crippen LogP contribution in [0.5, 0.6) is 23.0 Å². The minimum atomic E-state index is -1.13. The van der Waals surface area contributed by atoms with Gasteiger partial charge in [0.25, 0.3) is 0 Å².